The molecule has 0 spiro atoms. The number of hydrogen-bond donors (Lipinski definition) is 1. The zero-order valence-electron chi connectivity index (χ0n) is 14.8. The van der Waals surface area contributed by atoms with E-state index in [-0.39, 0.29) is 0 Å². The molecule has 0 aliphatic rings. The van der Waals surface area contributed by atoms with E-state index in [1.807, 2.05) is 7.05 Å². The minimum Gasteiger partial charge on any atom is -0.316 e. The summed E-state index contributed by atoms with van der Waals surface area (Å²) in [7, 11) is 2.04. The van der Waals surface area contributed by atoms with Crippen LogP contribution in [0.1, 0.15) is 48.8 Å². The third kappa shape index (κ3) is 3.52. The van der Waals surface area contributed by atoms with Gasteiger partial charge < -0.3 is 5.32 Å². The molecule has 1 unspecified atom stereocenters. The molecule has 1 heteroatoms. The SMILES string of the molecule is CCCCC(c1ccccc1)c1ccc2ccccc2c1CNC. The van der Waals surface area contributed by atoms with Crippen molar-refractivity contribution in [3.05, 3.63) is 83.4 Å². The molecular weight excluding hydrogens is 290 g/mol. The molecule has 0 saturated heterocycles. The smallest absolute Gasteiger partial charge is 0.0211 e. The number of nitrogens with one attached hydrogen (secondary N) is 1. The third-order valence-corrected chi connectivity index (χ3v) is 4.85. The summed E-state index contributed by atoms with van der Waals surface area (Å²) in [6.07, 6.45) is 3.69. The van der Waals surface area contributed by atoms with E-state index in [1.54, 1.807) is 0 Å². The van der Waals surface area contributed by atoms with Gasteiger partial charge in [0, 0.05) is 12.5 Å². The summed E-state index contributed by atoms with van der Waals surface area (Å²) in [5.74, 6) is 0.471. The van der Waals surface area contributed by atoms with Crippen molar-refractivity contribution in [3.8, 4) is 0 Å². The van der Waals surface area contributed by atoms with Gasteiger partial charge in [-0.2, -0.15) is 0 Å². The third-order valence-electron chi connectivity index (χ3n) is 4.85. The number of rotatable bonds is 7. The van der Waals surface area contributed by atoms with Gasteiger partial charge in [0.1, 0.15) is 0 Å². The van der Waals surface area contributed by atoms with Gasteiger partial charge in [0.15, 0.2) is 0 Å². The van der Waals surface area contributed by atoms with Crippen molar-refractivity contribution in [2.75, 3.05) is 7.05 Å². The average Bonchev–Trinajstić information content (AvgIpc) is 2.64. The van der Waals surface area contributed by atoms with Gasteiger partial charge in [-0.05, 0) is 40.9 Å². The van der Waals surface area contributed by atoms with Crippen molar-refractivity contribution < 1.29 is 0 Å². The molecule has 0 amide bonds. The maximum absolute atomic E-state index is 3.38. The van der Waals surface area contributed by atoms with E-state index in [0.29, 0.717) is 5.92 Å². The molecule has 1 nitrogen and oxygen atoms in total. The van der Waals surface area contributed by atoms with Gasteiger partial charge in [-0.1, -0.05) is 86.5 Å². The fourth-order valence-corrected chi connectivity index (χ4v) is 3.65. The Morgan fingerprint density at radius 1 is 0.875 bits per heavy atom. The molecule has 124 valence electrons. The summed E-state index contributed by atoms with van der Waals surface area (Å²) in [5.41, 5.74) is 4.35. The van der Waals surface area contributed by atoms with E-state index in [1.165, 1.54) is 46.7 Å². The molecule has 0 bridgehead atoms. The van der Waals surface area contributed by atoms with E-state index in [2.05, 4.69) is 79.0 Å². The van der Waals surface area contributed by atoms with E-state index in [9.17, 15) is 0 Å². The second kappa shape index (κ2) is 8.12. The maximum atomic E-state index is 3.38. The Balaban J connectivity index is 2.14. The van der Waals surface area contributed by atoms with E-state index >= 15 is 0 Å². The molecule has 1 atom stereocenters. The van der Waals surface area contributed by atoms with Crippen molar-refractivity contribution in [3.63, 3.8) is 0 Å². The zero-order valence-corrected chi connectivity index (χ0v) is 14.8. The van der Waals surface area contributed by atoms with Gasteiger partial charge in [0.05, 0.1) is 0 Å². The zero-order chi connectivity index (χ0) is 16.8. The van der Waals surface area contributed by atoms with E-state index < -0.39 is 0 Å². The highest BCUT2D eigenvalue weighted by Gasteiger charge is 2.18. The Labute approximate surface area is 145 Å². The van der Waals surface area contributed by atoms with Crippen LogP contribution in [0.2, 0.25) is 0 Å². The second-order valence-electron chi connectivity index (χ2n) is 6.49. The Kier molecular flexibility index (Phi) is 5.66. The standard InChI is InChI=1S/C23H27N/c1-3-4-13-20(18-10-6-5-7-11-18)22-16-15-19-12-8-9-14-21(19)23(22)17-24-2/h5-12,14-16,20,24H,3-4,13,17H2,1-2H3. The molecule has 3 aromatic rings. The van der Waals surface area contributed by atoms with Gasteiger partial charge in [-0.3, -0.25) is 0 Å². The molecule has 0 heterocycles. The van der Waals surface area contributed by atoms with Crippen LogP contribution in [0.5, 0.6) is 0 Å². The lowest BCUT2D eigenvalue weighted by molar-refractivity contribution is 0.643. The molecular formula is C23H27N. The first-order valence-electron chi connectivity index (χ1n) is 9.05. The van der Waals surface area contributed by atoms with Crippen LogP contribution in [0.15, 0.2) is 66.7 Å². The molecule has 0 fully saturated rings. The minimum absolute atomic E-state index is 0.471. The van der Waals surface area contributed by atoms with Crippen LogP contribution in [-0.4, -0.2) is 7.05 Å². The molecule has 0 saturated carbocycles. The number of hydrogen-bond acceptors (Lipinski definition) is 1. The lowest BCUT2D eigenvalue weighted by Gasteiger charge is -2.23. The fraction of sp³-hybridized carbons (Fsp3) is 0.304. The molecule has 0 aliphatic carbocycles. The first-order valence-corrected chi connectivity index (χ1v) is 9.05. The largest absolute Gasteiger partial charge is 0.316 e. The van der Waals surface area contributed by atoms with Crippen molar-refractivity contribution >= 4 is 10.8 Å². The lowest BCUT2D eigenvalue weighted by atomic mass is 9.83. The second-order valence-corrected chi connectivity index (χ2v) is 6.49. The van der Waals surface area contributed by atoms with Crippen LogP contribution >= 0.6 is 0 Å². The predicted molar refractivity (Wildman–Crippen MR) is 105 cm³/mol. The van der Waals surface area contributed by atoms with Crippen LogP contribution < -0.4 is 5.32 Å². The van der Waals surface area contributed by atoms with Gasteiger partial charge in [0.2, 0.25) is 0 Å². The number of fused-ring (bicyclic) bond motifs is 1. The normalized spacial score (nSPS) is 12.4. The summed E-state index contributed by atoms with van der Waals surface area (Å²) >= 11 is 0. The van der Waals surface area contributed by atoms with Gasteiger partial charge in [-0.15, -0.1) is 0 Å². The monoisotopic (exact) mass is 317 g/mol. The molecule has 3 rings (SSSR count). The average molecular weight is 317 g/mol. The van der Waals surface area contributed by atoms with E-state index in [0.717, 1.165) is 6.54 Å². The highest BCUT2D eigenvalue weighted by atomic mass is 14.8. The first-order chi connectivity index (χ1) is 11.8. The minimum atomic E-state index is 0.471. The molecule has 0 radical (unpaired) electrons. The first kappa shape index (κ1) is 16.7. The fourth-order valence-electron chi connectivity index (χ4n) is 3.65. The summed E-state index contributed by atoms with van der Waals surface area (Å²) in [6.45, 7) is 3.18. The summed E-state index contributed by atoms with van der Waals surface area (Å²) in [4.78, 5) is 0. The van der Waals surface area contributed by atoms with Crippen LogP contribution in [0, 0.1) is 0 Å². The molecule has 3 aromatic carbocycles. The van der Waals surface area contributed by atoms with E-state index in [4.69, 9.17) is 0 Å². The molecule has 1 N–H and O–H groups in total. The molecule has 24 heavy (non-hydrogen) atoms. The van der Waals surface area contributed by atoms with Crippen LogP contribution in [0.3, 0.4) is 0 Å². The van der Waals surface area contributed by atoms with Gasteiger partial charge >= 0.3 is 0 Å². The summed E-state index contributed by atoms with van der Waals surface area (Å²) in [6, 6.07) is 24.3. The van der Waals surface area contributed by atoms with Crippen molar-refractivity contribution in [1.29, 1.82) is 0 Å². The van der Waals surface area contributed by atoms with Crippen molar-refractivity contribution in [2.45, 2.75) is 38.6 Å². The highest BCUT2D eigenvalue weighted by Crippen LogP contribution is 2.35. The molecule has 0 aliphatic heterocycles. The Morgan fingerprint density at radius 2 is 1.62 bits per heavy atom. The predicted octanol–water partition coefficient (Wildman–Crippen LogP) is 5.88. The summed E-state index contributed by atoms with van der Waals surface area (Å²) < 4.78 is 0. The Bertz CT molecular complexity index is 776. The van der Waals surface area contributed by atoms with Crippen molar-refractivity contribution in [2.24, 2.45) is 0 Å². The van der Waals surface area contributed by atoms with Crippen LogP contribution in [0.4, 0.5) is 0 Å². The highest BCUT2D eigenvalue weighted by molar-refractivity contribution is 5.87. The van der Waals surface area contributed by atoms with Crippen molar-refractivity contribution in [1.82, 2.24) is 5.32 Å². The van der Waals surface area contributed by atoms with Gasteiger partial charge in [0.25, 0.3) is 0 Å². The number of benzene rings is 3. The number of unbranched alkanes of at least 4 members (excludes halogenated alkanes) is 1. The lowest BCUT2D eigenvalue weighted by Crippen LogP contribution is -2.12. The van der Waals surface area contributed by atoms with Crippen LogP contribution in [-0.2, 0) is 6.54 Å². The Hall–Kier alpha value is -2.12. The Morgan fingerprint density at radius 3 is 2.38 bits per heavy atom. The summed E-state index contributed by atoms with van der Waals surface area (Å²) in [5, 5.41) is 6.08. The maximum Gasteiger partial charge on any atom is 0.0211 e. The van der Waals surface area contributed by atoms with Gasteiger partial charge in [-0.25, -0.2) is 0 Å². The molecule has 0 aromatic heterocycles. The van der Waals surface area contributed by atoms with Crippen LogP contribution in [0.25, 0.3) is 10.8 Å². The quantitative estimate of drug-likeness (QED) is 0.573. The topological polar surface area (TPSA) is 12.0 Å².